The van der Waals surface area contributed by atoms with Crippen LogP contribution in [0.2, 0.25) is 0 Å². The summed E-state index contributed by atoms with van der Waals surface area (Å²) in [5.74, 6) is 1.31. The van der Waals surface area contributed by atoms with Gasteiger partial charge in [0.2, 0.25) is 16.0 Å². The maximum Gasteiger partial charge on any atom is 0.240 e. The number of sulfonamides is 1. The first kappa shape index (κ1) is 16.7. The fraction of sp³-hybridized carbons (Fsp3) is 0.375. The molecule has 0 saturated heterocycles. The number of hydrogen-bond donors (Lipinski definition) is 1. The SMILES string of the molecule is Cc1cc(CNS(=O)(=O)c2ccc3c(c2)CCO3)nc(N(C)C)n1. The Bertz CT molecular complexity index is 866. The molecule has 0 amide bonds. The molecule has 0 spiro atoms. The van der Waals surface area contributed by atoms with Crippen molar-refractivity contribution in [2.75, 3.05) is 25.6 Å². The van der Waals surface area contributed by atoms with Crippen molar-refractivity contribution in [2.24, 2.45) is 0 Å². The van der Waals surface area contributed by atoms with Crippen LogP contribution in [0.1, 0.15) is 17.0 Å². The zero-order chi connectivity index (χ0) is 17.3. The quantitative estimate of drug-likeness (QED) is 0.876. The summed E-state index contributed by atoms with van der Waals surface area (Å²) >= 11 is 0. The molecular formula is C16H20N4O3S. The van der Waals surface area contributed by atoms with Crippen LogP contribution in [-0.4, -0.2) is 39.1 Å². The Labute approximate surface area is 141 Å². The second-order valence-corrected chi connectivity index (χ2v) is 7.65. The topological polar surface area (TPSA) is 84.4 Å². The minimum atomic E-state index is -3.61. The van der Waals surface area contributed by atoms with E-state index in [0.717, 1.165) is 23.4 Å². The Morgan fingerprint density at radius 1 is 1.25 bits per heavy atom. The third kappa shape index (κ3) is 3.49. The standard InChI is InChI=1S/C16H20N4O3S/c1-11-8-13(19-16(18-11)20(2)3)10-17-24(21,22)14-4-5-15-12(9-14)6-7-23-15/h4-5,8-9,17H,6-7,10H2,1-3H3. The van der Waals surface area contributed by atoms with Gasteiger partial charge < -0.3 is 9.64 Å². The third-order valence-electron chi connectivity index (χ3n) is 3.71. The number of nitrogens with one attached hydrogen (secondary N) is 1. The van der Waals surface area contributed by atoms with Gasteiger partial charge in [-0.3, -0.25) is 0 Å². The van der Waals surface area contributed by atoms with Crippen molar-refractivity contribution < 1.29 is 13.2 Å². The van der Waals surface area contributed by atoms with Crippen LogP contribution in [0.4, 0.5) is 5.95 Å². The summed E-state index contributed by atoms with van der Waals surface area (Å²) < 4.78 is 33.0. The highest BCUT2D eigenvalue weighted by Gasteiger charge is 2.19. The molecule has 0 radical (unpaired) electrons. The maximum atomic E-state index is 12.5. The second-order valence-electron chi connectivity index (χ2n) is 5.89. The van der Waals surface area contributed by atoms with E-state index in [1.54, 1.807) is 29.2 Å². The van der Waals surface area contributed by atoms with Gasteiger partial charge in [0.1, 0.15) is 5.75 Å². The smallest absolute Gasteiger partial charge is 0.240 e. The third-order valence-corrected chi connectivity index (χ3v) is 5.11. The normalized spacial score (nSPS) is 13.5. The monoisotopic (exact) mass is 348 g/mol. The van der Waals surface area contributed by atoms with Crippen LogP contribution in [0.25, 0.3) is 0 Å². The minimum Gasteiger partial charge on any atom is -0.493 e. The molecule has 128 valence electrons. The molecule has 1 aliphatic rings. The minimum absolute atomic E-state index is 0.111. The fourth-order valence-electron chi connectivity index (χ4n) is 2.49. The number of aromatic nitrogens is 2. The Balaban J connectivity index is 1.78. The summed E-state index contributed by atoms with van der Waals surface area (Å²) in [5, 5.41) is 0. The van der Waals surface area contributed by atoms with Gasteiger partial charge in [-0.15, -0.1) is 0 Å². The summed E-state index contributed by atoms with van der Waals surface area (Å²) in [6.07, 6.45) is 0.732. The molecule has 1 N–H and O–H groups in total. The summed E-state index contributed by atoms with van der Waals surface area (Å²) in [5.41, 5.74) is 2.34. The molecule has 1 aromatic heterocycles. The largest absolute Gasteiger partial charge is 0.493 e. The average molecular weight is 348 g/mol. The Morgan fingerprint density at radius 3 is 2.79 bits per heavy atom. The van der Waals surface area contributed by atoms with Crippen molar-refractivity contribution in [1.29, 1.82) is 0 Å². The van der Waals surface area contributed by atoms with E-state index in [-0.39, 0.29) is 11.4 Å². The average Bonchev–Trinajstić information content (AvgIpc) is 3.00. The van der Waals surface area contributed by atoms with Gasteiger partial charge in [0.05, 0.1) is 23.7 Å². The van der Waals surface area contributed by atoms with Crippen LogP contribution >= 0.6 is 0 Å². The molecule has 0 atom stereocenters. The Hall–Kier alpha value is -2.19. The lowest BCUT2D eigenvalue weighted by Crippen LogP contribution is -2.24. The van der Waals surface area contributed by atoms with Crippen LogP contribution in [0.3, 0.4) is 0 Å². The van der Waals surface area contributed by atoms with Gasteiger partial charge in [0.15, 0.2) is 0 Å². The van der Waals surface area contributed by atoms with E-state index in [1.165, 1.54) is 0 Å². The number of nitrogens with zero attached hydrogens (tertiary/aromatic N) is 3. The highest BCUT2D eigenvalue weighted by molar-refractivity contribution is 7.89. The van der Waals surface area contributed by atoms with E-state index in [0.29, 0.717) is 18.2 Å². The predicted molar refractivity (Wildman–Crippen MR) is 90.8 cm³/mol. The summed E-state index contributed by atoms with van der Waals surface area (Å²) in [6.45, 7) is 2.56. The van der Waals surface area contributed by atoms with Gasteiger partial charge in [0.25, 0.3) is 0 Å². The molecule has 3 rings (SSSR count). The molecule has 0 fully saturated rings. The van der Waals surface area contributed by atoms with E-state index in [1.807, 2.05) is 21.0 Å². The molecule has 0 saturated carbocycles. The first-order valence-corrected chi connectivity index (χ1v) is 9.11. The first-order chi connectivity index (χ1) is 11.3. The van der Waals surface area contributed by atoms with Crippen LogP contribution in [0.15, 0.2) is 29.2 Å². The fourth-order valence-corrected chi connectivity index (χ4v) is 3.54. The summed E-state index contributed by atoms with van der Waals surface area (Å²) in [6, 6.07) is 6.70. The molecule has 0 aliphatic carbocycles. The number of benzene rings is 1. The molecule has 0 bridgehead atoms. The van der Waals surface area contributed by atoms with E-state index < -0.39 is 10.0 Å². The van der Waals surface area contributed by atoms with Crippen molar-refractivity contribution in [3.05, 3.63) is 41.2 Å². The highest BCUT2D eigenvalue weighted by Crippen LogP contribution is 2.27. The molecular weight excluding hydrogens is 328 g/mol. The zero-order valence-electron chi connectivity index (χ0n) is 13.9. The number of anilines is 1. The van der Waals surface area contributed by atoms with Crippen LogP contribution in [0, 0.1) is 6.92 Å². The van der Waals surface area contributed by atoms with Gasteiger partial charge in [-0.25, -0.2) is 23.1 Å². The van der Waals surface area contributed by atoms with Crippen molar-refractivity contribution in [2.45, 2.75) is 24.8 Å². The van der Waals surface area contributed by atoms with Crippen LogP contribution in [0.5, 0.6) is 5.75 Å². The zero-order valence-corrected chi connectivity index (χ0v) is 14.7. The lowest BCUT2D eigenvalue weighted by molar-refractivity contribution is 0.356. The van der Waals surface area contributed by atoms with Crippen molar-refractivity contribution in [3.63, 3.8) is 0 Å². The van der Waals surface area contributed by atoms with E-state index in [9.17, 15) is 8.42 Å². The lowest BCUT2D eigenvalue weighted by Gasteiger charge is -2.13. The first-order valence-electron chi connectivity index (χ1n) is 7.62. The molecule has 2 heterocycles. The van der Waals surface area contributed by atoms with Crippen LogP contribution < -0.4 is 14.4 Å². The van der Waals surface area contributed by atoms with E-state index >= 15 is 0 Å². The maximum absolute atomic E-state index is 12.5. The second kappa shape index (κ2) is 6.37. The predicted octanol–water partition coefficient (Wildman–Crippen LogP) is 1.26. The molecule has 24 heavy (non-hydrogen) atoms. The number of fused-ring (bicyclic) bond motifs is 1. The summed E-state index contributed by atoms with van der Waals surface area (Å²) in [7, 11) is 0.0796. The van der Waals surface area contributed by atoms with E-state index in [2.05, 4.69) is 14.7 Å². The molecule has 1 aliphatic heterocycles. The molecule has 2 aromatic rings. The summed E-state index contributed by atoms with van der Waals surface area (Å²) in [4.78, 5) is 10.7. The number of hydrogen-bond acceptors (Lipinski definition) is 6. The van der Waals surface area contributed by atoms with Gasteiger partial charge >= 0.3 is 0 Å². The number of rotatable bonds is 5. The number of aryl methyl sites for hydroxylation is 1. The van der Waals surface area contributed by atoms with Crippen molar-refractivity contribution in [1.82, 2.24) is 14.7 Å². The Morgan fingerprint density at radius 2 is 2.04 bits per heavy atom. The van der Waals surface area contributed by atoms with Crippen molar-refractivity contribution >= 4 is 16.0 Å². The van der Waals surface area contributed by atoms with Gasteiger partial charge in [-0.1, -0.05) is 0 Å². The lowest BCUT2D eigenvalue weighted by atomic mass is 10.2. The van der Waals surface area contributed by atoms with Gasteiger partial charge in [0, 0.05) is 26.2 Å². The van der Waals surface area contributed by atoms with Gasteiger partial charge in [-0.05, 0) is 36.8 Å². The molecule has 1 aromatic carbocycles. The van der Waals surface area contributed by atoms with E-state index in [4.69, 9.17) is 4.74 Å². The highest BCUT2D eigenvalue weighted by atomic mass is 32.2. The molecule has 8 heteroatoms. The molecule has 7 nitrogen and oxygen atoms in total. The van der Waals surface area contributed by atoms with Crippen LogP contribution in [-0.2, 0) is 23.0 Å². The van der Waals surface area contributed by atoms with Crippen molar-refractivity contribution in [3.8, 4) is 5.75 Å². The Kier molecular flexibility index (Phi) is 4.42. The molecule has 0 unspecified atom stereocenters. The van der Waals surface area contributed by atoms with Gasteiger partial charge in [-0.2, -0.15) is 0 Å². The number of ether oxygens (including phenoxy) is 1.